The minimum atomic E-state index is -4.78. The van der Waals surface area contributed by atoms with Crippen molar-refractivity contribution < 1.29 is 52.2 Å². The van der Waals surface area contributed by atoms with Gasteiger partial charge in [0.05, 0.1) is 19.8 Å². The topological polar surface area (TPSA) is 155 Å². The lowest BCUT2D eigenvalue weighted by Crippen LogP contribution is -2.30. The number of rotatable bonds is 54. The van der Waals surface area contributed by atoms with E-state index in [4.69, 9.17) is 23.3 Å². The van der Waals surface area contributed by atoms with E-state index in [2.05, 4.69) is 154 Å². The Balaban J connectivity index is 4.82. The van der Waals surface area contributed by atoms with Crippen LogP contribution in [0.4, 0.5) is 0 Å². The van der Waals surface area contributed by atoms with Crippen LogP contribution in [0.25, 0.3) is 0 Å². The minimum Gasteiger partial charge on any atom is -0.462 e. The lowest BCUT2D eigenvalue weighted by Gasteiger charge is -2.21. The Morgan fingerprint density at radius 1 is 0.359 bits per heavy atom. The van der Waals surface area contributed by atoms with Crippen LogP contribution < -0.4 is 0 Å². The van der Waals surface area contributed by atoms with Gasteiger partial charge in [0, 0.05) is 19.3 Å². The quantitative estimate of drug-likeness (QED) is 0.0197. The largest absolute Gasteiger partial charge is 0.472 e. The number of hydrogen-bond donors (Lipinski definition) is 2. The number of phosphoric ester groups is 1. The molecule has 0 aliphatic heterocycles. The summed E-state index contributed by atoms with van der Waals surface area (Å²) in [4.78, 5) is 48.7. The normalized spacial score (nSPS) is 14.3. The van der Waals surface area contributed by atoms with E-state index in [1.54, 1.807) is 0 Å². The van der Waals surface area contributed by atoms with Gasteiger partial charge in [-0.05, 0) is 128 Å². The molecule has 0 spiro atoms. The fourth-order valence-electron chi connectivity index (χ4n) is 7.59. The Morgan fingerprint density at radius 2 is 0.628 bits per heavy atom. The number of unbranched alkanes of at least 4 members (excludes halogenated alkanes) is 15. The van der Waals surface area contributed by atoms with Gasteiger partial charge in [0.15, 0.2) is 6.10 Å². The van der Waals surface area contributed by atoms with Gasteiger partial charge in [-0.3, -0.25) is 23.4 Å². The SMILES string of the molecule is CC/C=C\C/C=C\C/C=C\C/C=C\CCCCCCCCC(=O)OCC(COP(=O)(O)OCC(CO)OC(=O)CCCCCCC/C=C\C/C=C\C/C=C\CC)OC(=O)CCCCCC/C=C\C/C=C\C/C=C\C/C=C\CC. The van der Waals surface area contributed by atoms with Crippen LogP contribution in [0.1, 0.15) is 226 Å². The minimum absolute atomic E-state index is 0.127. The van der Waals surface area contributed by atoms with E-state index >= 15 is 0 Å². The van der Waals surface area contributed by atoms with Crippen LogP contribution in [0.2, 0.25) is 0 Å². The van der Waals surface area contributed by atoms with Crippen molar-refractivity contribution in [3.05, 3.63) is 134 Å². The number of esters is 3. The molecule has 3 atom stereocenters. The van der Waals surface area contributed by atoms with Gasteiger partial charge in [0.1, 0.15) is 12.7 Å². The first-order chi connectivity index (χ1) is 38.2. The Morgan fingerprint density at radius 3 is 0.962 bits per heavy atom. The predicted molar refractivity (Wildman–Crippen MR) is 325 cm³/mol. The Bertz CT molecular complexity index is 1820. The first kappa shape index (κ1) is 73.6. The van der Waals surface area contributed by atoms with E-state index < -0.39 is 57.8 Å². The molecular formula is C66H107O11P. The van der Waals surface area contributed by atoms with E-state index in [1.807, 2.05) is 0 Å². The summed E-state index contributed by atoms with van der Waals surface area (Å²) in [7, 11) is -4.78. The molecule has 78 heavy (non-hydrogen) atoms. The fourth-order valence-corrected chi connectivity index (χ4v) is 8.37. The third-order valence-electron chi connectivity index (χ3n) is 12.1. The summed E-state index contributed by atoms with van der Waals surface area (Å²) in [5.74, 6) is -1.54. The molecule has 0 bridgehead atoms. The number of carbonyl (C=O) groups is 3. The summed E-state index contributed by atoms with van der Waals surface area (Å²) >= 11 is 0. The van der Waals surface area contributed by atoms with Crippen molar-refractivity contribution >= 4 is 25.7 Å². The number of hydrogen-bond acceptors (Lipinski definition) is 10. The first-order valence-electron chi connectivity index (χ1n) is 30.1. The average molecular weight is 1110 g/mol. The highest BCUT2D eigenvalue weighted by molar-refractivity contribution is 7.47. The zero-order valence-corrected chi connectivity index (χ0v) is 49.7. The monoisotopic (exact) mass is 1110 g/mol. The van der Waals surface area contributed by atoms with Crippen molar-refractivity contribution in [2.24, 2.45) is 0 Å². The Labute approximate surface area is 474 Å². The summed E-state index contributed by atoms with van der Waals surface area (Å²) in [6.07, 6.45) is 74.0. The second-order valence-corrected chi connectivity index (χ2v) is 20.8. The molecule has 0 rings (SSSR count). The van der Waals surface area contributed by atoms with Crippen LogP contribution in [0, 0.1) is 0 Å². The Hall–Kier alpha value is -4.38. The van der Waals surface area contributed by atoms with Gasteiger partial charge >= 0.3 is 25.7 Å². The third-order valence-corrected chi connectivity index (χ3v) is 13.0. The van der Waals surface area contributed by atoms with Gasteiger partial charge in [-0.25, -0.2) is 4.57 Å². The molecule has 0 amide bonds. The molecule has 0 aromatic carbocycles. The van der Waals surface area contributed by atoms with E-state index in [1.165, 1.54) is 0 Å². The molecule has 0 saturated heterocycles. The maximum absolute atomic E-state index is 12.9. The lowest BCUT2D eigenvalue weighted by molar-refractivity contribution is -0.161. The molecule has 0 fully saturated rings. The van der Waals surface area contributed by atoms with E-state index in [0.717, 1.165) is 167 Å². The first-order valence-corrected chi connectivity index (χ1v) is 31.6. The van der Waals surface area contributed by atoms with Gasteiger partial charge in [-0.15, -0.1) is 0 Å². The lowest BCUT2D eigenvalue weighted by atomic mass is 10.1. The zero-order chi connectivity index (χ0) is 56.9. The van der Waals surface area contributed by atoms with Crippen LogP contribution in [-0.4, -0.2) is 66.5 Å². The van der Waals surface area contributed by atoms with E-state index in [-0.39, 0.29) is 25.9 Å². The molecule has 12 heteroatoms. The maximum atomic E-state index is 12.9. The van der Waals surface area contributed by atoms with Crippen LogP contribution in [0.15, 0.2) is 134 Å². The molecule has 3 unspecified atom stereocenters. The molecule has 442 valence electrons. The third kappa shape index (κ3) is 56.3. The summed E-state index contributed by atoms with van der Waals surface area (Å²) < 4.78 is 39.6. The van der Waals surface area contributed by atoms with Crippen LogP contribution in [0.3, 0.4) is 0 Å². The highest BCUT2D eigenvalue weighted by atomic mass is 31.2. The van der Waals surface area contributed by atoms with Gasteiger partial charge in [-0.1, -0.05) is 212 Å². The van der Waals surface area contributed by atoms with E-state index in [9.17, 15) is 28.9 Å². The molecule has 0 heterocycles. The molecule has 0 saturated carbocycles. The van der Waals surface area contributed by atoms with Gasteiger partial charge in [0.25, 0.3) is 0 Å². The predicted octanol–water partition coefficient (Wildman–Crippen LogP) is 18.1. The zero-order valence-electron chi connectivity index (χ0n) is 48.8. The van der Waals surface area contributed by atoms with E-state index in [0.29, 0.717) is 19.3 Å². The van der Waals surface area contributed by atoms with Crippen LogP contribution in [0.5, 0.6) is 0 Å². The van der Waals surface area contributed by atoms with Crippen molar-refractivity contribution in [3.63, 3.8) is 0 Å². The maximum Gasteiger partial charge on any atom is 0.472 e. The van der Waals surface area contributed by atoms with Crippen molar-refractivity contribution in [1.29, 1.82) is 0 Å². The van der Waals surface area contributed by atoms with Gasteiger partial charge in [-0.2, -0.15) is 0 Å². The smallest absolute Gasteiger partial charge is 0.462 e. The van der Waals surface area contributed by atoms with Crippen molar-refractivity contribution in [2.45, 2.75) is 238 Å². The molecule has 0 radical (unpaired) electrons. The highest BCUT2D eigenvalue weighted by Gasteiger charge is 2.28. The summed E-state index contributed by atoms with van der Waals surface area (Å²) in [5, 5.41) is 9.83. The molecule has 0 aromatic rings. The van der Waals surface area contributed by atoms with Crippen LogP contribution >= 0.6 is 7.82 Å². The molecular weight excluding hydrogens is 1000 g/mol. The fraction of sp³-hybridized carbons (Fsp3) is 0.621. The number of carbonyl (C=O) groups excluding carboxylic acids is 3. The molecule has 2 N–H and O–H groups in total. The number of aliphatic hydroxyl groups excluding tert-OH is 1. The molecule has 0 aliphatic rings. The number of ether oxygens (including phenoxy) is 3. The van der Waals surface area contributed by atoms with Crippen molar-refractivity contribution in [1.82, 2.24) is 0 Å². The second kappa shape index (κ2) is 58.8. The molecule has 11 nitrogen and oxygen atoms in total. The molecule has 0 aliphatic carbocycles. The van der Waals surface area contributed by atoms with Gasteiger partial charge in [0.2, 0.25) is 0 Å². The average Bonchev–Trinajstić information content (AvgIpc) is 3.43. The molecule has 0 aromatic heterocycles. The summed E-state index contributed by atoms with van der Waals surface area (Å²) in [6, 6.07) is 0. The van der Waals surface area contributed by atoms with Crippen LogP contribution in [-0.2, 0) is 42.2 Å². The van der Waals surface area contributed by atoms with Crippen molar-refractivity contribution in [3.8, 4) is 0 Å². The Kier molecular flexibility index (Phi) is 55.5. The number of phosphoric acid groups is 1. The van der Waals surface area contributed by atoms with Gasteiger partial charge < -0.3 is 24.2 Å². The number of allylic oxidation sites excluding steroid dienone is 22. The standard InChI is InChI=1S/C66H107O11P/c1-4-7-10-13-16-19-22-25-28-30-31-33-35-37-40-43-46-49-52-55-64(68)73-59-63(77-66(70)57-54-51-48-45-42-39-36-32-29-26-23-20-17-14-11-8-5-2)61-75-78(71,72)74-60-62(58-67)76-65(69)56-53-50-47-44-41-38-34-27-24-21-18-15-12-9-6-3/h7-12,16-21,25-29,31,33-34,36,39,62-63,67H,4-6,13-15,22-24,30,32,35,37-38,40-61H2,1-3H3,(H,71,72)/b10-7-,11-8-,12-9-,19-16-,20-17-,21-18-,28-25-,29-26-,33-31-,34-27-,39-36-. The van der Waals surface area contributed by atoms with Crippen molar-refractivity contribution in [2.75, 3.05) is 26.4 Å². The summed E-state index contributed by atoms with van der Waals surface area (Å²) in [6.45, 7) is 4.23. The summed E-state index contributed by atoms with van der Waals surface area (Å²) in [5.41, 5.74) is 0. The highest BCUT2D eigenvalue weighted by Crippen LogP contribution is 2.43. The second-order valence-electron chi connectivity index (χ2n) is 19.4. The number of aliphatic hydroxyl groups is 1.